The Kier molecular flexibility index (Phi) is 5.97. The zero-order valence-electron chi connectivity index (χ0n) is 16.7. The Hall–Kier alpha value is -2.19. The number of nitrogens with zero attached hydrogens (tertiary/aromatic N) is 1. The highest BCUT2D eigenvalue weighted by atomic mass is 32.2. The van der Waals surface area contributed by atoms with Gasteiger partial charge < -0.3 is 9.84 Å². The van der Waals surface area contributed by atoms with E-state index in [2.05, 4.69) is 0 Å². The van der Waals surface area contributed by atoms with Gasteiger partial charge in [-0.25, -0.2) is 17.1 Å². The predicted molar refractivity (Wildman–Crippen MR) is 112 cm³/mol. The molecule has 1 saturated carbocycles. The van der Waals surface area contributed by atoms with E-state index in [0.717, 1.165) is 25.7 Å². The number of carbonyl (C=O) groups is 1. The van der Waals surface area contributed by atoms with Crippen molar-refractivity contribution in [1.82, 2.24) is 4.31 Å². The maximum Gasteiger partial charge on any atom is 0.307 e. The molecule has 2 aromatic rings. The van der Waals surface area contributed by atoms with Crippen molar-refractivity contribution in [1.29, 1.82) is 0 Å². The molecule has 6 nitrogen and oxygen atoms in total. The summed E-state index contributed by atoms with van der Waals surface area (Å²) in [6.07, 6.45) is 4.17. The van der Waals surface area contributed by atoms with Gasteiger partial charge in [0.1, 0.15) is 17.7 Å². The molecular formula is C22H26FNO5S. The summed E-state index contributed by atoms with van der Waals surface area (Å²) < 4.78 is 47.1. The van der Waals surface area contributed by atoms with Crippen molar-refractivity contribution in [2.24, 2.45) is 0 Å². The van der Waals surface area contributed by atoms with Crippen LogP contribution in [0.2, 0.25) is 0 Å². The molecule has 4 rings (SSSR count). The van der Waals surface area contributed by atoms with Crippen molar-refractivity contribution in [3.8, 4) is 5.75 Å². The number of rotatable bonds is 6. The monoisotopic (exact) mass is 435 g/mol. The molecule has 1 heterocycles. The van der Waals surface area contributed by atoms with Crippen LogP contribution in [0.5, 0.6) is 5.75 Å². The molecule has 0 bridgehead atoms. The maximum absolute atomic E-state index is 13.8. The average Bonchev–Trinajstić information content (AvgIpc) is 3.24. The minimum atomic E-state index is -3.26. The molecule has 162 valence electrons. The van der Waals surface area contributed by atoms with Crippen molar-refractivity contribution in [2.75, 3.05) is 13.1 Å². The molecule has 1 saturated heterocycles. The molecule has 0 spiro atoms. The van der Waals surface area contributed by atoms with Crippen LogP contribution in [0.3, 0.4) is 0 Å². The number of hydrogen-bond acceptors (Lipinski definition) is 4. The quantitative estimate of drug-likeness (QED) is 0.748. The van der Waals surface area contributed by atoms with E-state index in [9.17, 15) is 17.6 Å². The number of piperidine rings is 1. The zero-order valence-corrected chi connectivity index (χ0v) is 17.5. The number of halogens is 1. The van der Waals surface area contributed by atoms with Crippen LogP contribution < -0.4 is 4.74 Å². The van der Waals surface area contributed by atoms with Gasteiger partial charge in [-0.3, -0.25) is 4.79 Å². The molecule has 0 amide bonds. The van der Waals surface area contributed by atoms with E-state index in [0.29, 0.717) is 48.0 Å². The number of hydrogen-bond donors (Lipinski definition) is 1. The number of carboxylic acids is 1. The van der Waals surface area contributed by atoms with E-state index in [-0.39, 0.29) is 17.8 Å². The van der Waals surface area contributed by atoms with Crippen LogP contribution in [0.15, 0.2) is 30.3 Å². The second-order valence-corrected chi connectivity index (χ2v) is 10.4. The van der Waals surface area contributed by atoms with Gasteiger partial charge in [-0.1, -0.05) is 25.0 Å². The van der Waals surface area contributed by atoms with Gasteiger partial charge in [0.05, 0.1) is 11.7 Å². The number of carboxylic acid groups (broad SMARTS) is 1. The molecule has 0 atom stereocenters. The third-order valence-electron chi connectivity index (χ3n) is 6.07. The molecule has 1 aliphatic carbocycles. The molecule has 0 radical (unpaired) electrons. The molecule has 1 N–H and O–H groups in total. The van der Waals surface area contributed by atoms with E-state index >= 15 is 0 Å². The van der Waals surface area contributed by atoms with E-state index in [1.165, 1.54) is 12.1 Å². The van der Waals surface area contributed by atoms with Crippen molar-refractivity contribution in [3.63, 3.8) is 0 Å². The largest absolute Gasteiger partial charge is 0.490 e. The van der Waals surface area contributed by atoms with Gasteiger partial charge >= 0.3 is 5.97 Å². The first-order chi connectivity index (χ1) is 14.3. The van der Waals surface area contributed by atoms with Gasteiger partial charge in [0, 0.05) is 18.5 Å². The molecule has 1 aliphatic heterocycles. The highest BCUT2D eigenvalue weighted by Gasteiger charge is 2.36. The van der Waals surface area contributed by atoms with Crippen LogP contribution in [-0.2, 0) is 21.2 Å². The summed E-state index contributed by atoms with van der Waals surface area (Å²) in [6.45, 7) is 0.815. The third-order valence-corrected chi connectivity index (χ3v) is 8.47. The number of ether oxygens (including phenoxy) is 1. The molecule has 8 heteroatoms. The van der Waals surface area contributed by atoms with Gasteiger partial charge in [-0.05, 0) is 54.8 Å². The standard InChI is InChI=1S/C22H26FNO5S/c23-17-6-5-16-11-15(13-22(25)26)12-21(20(16)14-17)29-18-7-9-24(10-8-18)30(27,28)19-3-1-2-4-19/h5-6,11-12,14,18-19H,1-4,7-10,13H2,(H,25,26). The fraction of sp³-hybridized carbons (Fsp3) is 0.500. The highest BCUT2D eigenvalue weighted by Crippen LogP contribution is 2.33. The Balaban J connectivity index is 1.50. The fourth-order valence-corrected chi connectivity index (χ4v) is 6.58. The lowest BCUT2D eigenvalue weighted by atomic mass is 10.0. The Bertz CT molecular complexity index is 1040. The SMILES string of the molecule is O=C(O)Cc1cc(OC2CCN(S(=O)(=O)C3CCCC3)CC2)c2cc(F)ccc2c1. The van der Waals surface area contributed by atoms with E-state index in [1.807, 2.05) is 0 Å². The summed E-state index contributed by atoms with van der Waals surface area (Å²) in [5.41, 5.74) is 0.581. The minimum absolute atomic E-state index is 0.151. The normalized spacial score (nSPS) is 19.4. The summed E-state index contributed by atoms with van der Waals surface area (Å²) >= 11 is 0. The van der Waals surface area contributed by atoms with Crippen LogP contribution >= 0.6 is 0 Å². The first-order valence-corrected chi connectivity index (χ1v) is 11.9. The Labute approximate surface area is 175 Å². The summed E-state index contributed by atoms with van der Waals surface area (Å²) in [5, 5.41) is 10.2. The second kappa shape index (κ2) is 8.51. The molecular weight excluding hydrogens is 409 g/mol. The van der Waals surface area contributed by atoms with Crippen LogP contribution in [0, 0.1) is 5.82 Å². The summed E-state index contributed by atoms with van der Waals surface area (Å²) in [6, 6.07) is 7.71. The minimum Gasteiger partial charge on any atom is -0.490 e. The van der Waals surface area contributed by atoms with Crippen molar-refractivity contribution < 1.29 is 27.4 Å². The lowest BCUT2D eigenvalue weighted by molar-refractivity contribution is -0.136. The number of aliphatic carboxylic acids is 1. The number of benzene rings is 2. The first-order valence-electron chi connectivity index (χ1n) is 10.4. The summed E-state index contributed by atoms with van der Waals surface area (Å²) in [5.74, 6) is -0.899. The van der Waals surface area contributed by atoms with Gasteiger partial charge in [0.25, 0.3) is 0 Å². The number of sulfonamides is 1. The fourth-order valence-electron chi connectivity index (χ4n) is 4.51. The molecule has 30 heavy (non-hydrogen) atoms. The lowest BCUT2D eigenvalue weighted by Crippen LogP contribution is -2.45. The summed E-state index contributed by atoms with van der Waals surface area (Å²) in [7, 11) is -3.26. The van der Waals surface area contributed by atoms with Crippen molar-refractivity contribution in [3.05, 3.63) is 41.7 Å². The average molecular weight is 436 g/mol. The maximum atomic E-state index is 13.8. The smallest absolute Gasteiger partial charge is 0.307 e. The van der Waals surface area contributed by atoms with Gasteiger partial charge in [-0.15, -0.1) is 0 Å². The highest BCUT2D eigenvalue weighted by molar-refractivity contribution is 7.89. The van der Waals surface area contributed by atoms with E-state index in [1.54, 1.807) is 22.5 Å². The molecule has 0 unspecified atom stereocenters. The van der Waals surface area contributed by atoms with Gasteiger partial charge in [-0.2, -0.15) is 0 Å². The molecule has 2 aliphatic rings. The third kappa shape index (κ3) is 4.44. The zero-order chi connectivity index (χ0) is 21.3. The van der Waals surface area contributed by atoms with Crippen molar-refractivity contribution >= 4 is 26.8 Å². The van der Waals surface area contributed by atoms with Crippen LogP contribution in [0.4, 0.5) is 4.39 Å². The van der Waals surface area contributed by atoms with E-state index in [4.69, 9.17) is 9.84 Å². The van der Waals surface area contributed by atoms with Crippen LogP contribution in [-0.4, -0.2) is 48.2 Å². The first kappa shape index (κ1) is 21.1. The topological polar surface area (TPSA) is 83.9 Å². The predicted octanol–water partition coefficient (Wildman–Crippen LogP) is 3.72. The van der Waals surface area contributed by atoms with Crippen LogP contribution in [0.1, 0.15) is 44.1 Å². The molecule has 2 fully saturated rings. The van der Waals surface area contributed by atoms with Gasteiger partial charge in [0.2, 0.25) is 10.0 Å². The Morgan fingerprint density at radius 2 is 1.80 bits per heavy atom. The molecule has 0 aromatic heterocycles. The Morgan fingerprint density at radius 1 is 1.10 bits per heavy atom. The van der Waals surface area contributed by atoms with Crippen molar-refractivity contribution in [2.45, 2.75) is 56.3 Å². The molecule has 2 aromatic carbocycles. The lowest BCUT2D eigenvalue weighted by Gasteiger charge is -2.33. The van der Waals surface area contributed by atoms with Crippen LogP contribution in [0.25, 0.3) is 10.8 Å². The summed E-state index contributed by atoms with van der Waals surface area (Å²) in [4.78, 5) is 11.1. The Morgan fingerprint density at radius 3 is 2.47 bits per heavy atom. The van der Waals surface area contributed by atoms with E-state index < -0.39 is 21.8 Å². The second-order valence-electron chi connectivity index (χ2n) is 8.20. The van der Waals surface area contributed by atoms with Gasteiger partial charge in [0.15, 0.2) is 0 Å². The number of fused-ring (bicyclic) bond motifs is 1.